The first-order valence-corrected chi connectivity index (χ1v) is 8.86. The Morgan fingerprint density at radius 1 is 1.23 bits per heavy atom. The van der Waals surface area contributed by atoms with Crippen LogP contribution >= 0.6 is 0 Å². The fourth-order valence-corrected chi connectivity index (χ4v) is 5.47. The van der Waals surface area contributed by atoms with Crippen LogP contribution in [0.25, 0.3) is 0 Å². The molecular formula is C20H28O2. The van der Waals surface area contributed by atoms with Crippen LogP contribution in [0.3, 0.4) is 0 Å². The number of phenolic OH excluding ortho intramolecular Hbond substituents is 1. The van der Waals surface area contributed by atoms with Crippen molar-refractivity contribution >= 4 is 0 Å². The molecule has 0 aromatic heterocycles. The topological polar surface area (TPSA) is 29.5 Å². The minimum absolute atomic E-state index is 0.0329. The quantitative estimate of drug-likeness (QED) is 0.782. The van der Waals surface area contributed by atoms with Crippen LogP contribution in [-0.4, -0.2) is 10.7 Å². The van der Waals surface area contributed by atoms with Crippen molar-refractivity contribution in [1.29, 1.82) is 0 Å². The van der Waals surface area contributed by atoms with E-state index in [2.05, 4.69) is 33.8 Å². The minimum Gasteiger partial charge on any atom is -0.508 e. The van der Waals surface area contributed by atoms with Gasteiger partial charge in [0, 0.05) is 6.42 Å². The van der Waals surface area contributed by atoms with Gasteiger partial charge in [0.05, 0.1) is 11.7 Å². The summed E-state index contributed by atoms with van der Waals surface area (Å²) in [6.45, 7) is 9.13. The molecule has 1 saturated carbocycles. The van der Waals surface area contributed by atoms with Crippen molar-refractivity contribution in [3.63, 3.8) is 0 Å². The zero-order valence-electron chi connectivity index (χ0n) is 14.3. The molecule has 1 spiro atoms. The maximum Gasteiger partial charge on any atom is 0.119 e. The number of phenols is 1. The van der Waals surface area contributed by atoms with Gasteiger partial charge in [0.2, 0.25) is 0 Å². The highest BCUT2D eigenvalue weighted by Crippen LogP contribution is 2.62. The van der Waals surface area contributed by atoms with Crippen LogP contribution in [0.4, 0.5) is 0 Å². The molecule has 1 N–H and O–H groups in total. The zero-order chi connectivity index (χ0) is 15.7. The molecule has 1 aliphatic carbocycles. The fraction of sp³-hybridized carbons (Fsp3) is 0.700. The number of benzene rings is 1. The number of hydrogen-bond acceptors (Lipinski definition) is 2. The number of rotatable bonds is 1. The molecule has 2 aliphatic heterocycles. The molecule has 2 bridgehead atoms. The van der Waals surface area contributed by atoms with E-state index < -0.39 is 0 Å². The summed E-state index contributed by atoms with van der Waals surface area (Å²) in [4.78, 5) is 0. The summed E-state index contributed by atoms with van der Waals surface area (Å²) in [6.07, 6.45) is 6.14. The lowest BCUT2D eigenvalue weighted by Crippen LogP contribution is -2.48. The van der Waals surface area contributed by atoms with Gasteiger partial charge in [0.15, 0.2) is 0 Å². The molecule has 4 rings (SSSR count). The van der Waals surface area contributed by atoms with Crippen LogP contribution in [0.1, 0.15) is 82.1 Å². The summed E-state index contributed by atoms with van der Waals surface area (Å²) >= 11 is 0. The Labute approximate surface area is 133 Å². The fourth-order valence-electron chi connectivity index (χ4n) is 5.47. The molecule has 0 radical (unpaired) electrons. The first-order valence-electron chi connectivity index (χ1n) is 8.86. The van der Waals surface area contributed by atoms with Crippen LogP contribution < -0.4 is 0 Å². The Morgan fingerprint density at radius 2 is 2.00 bits per heavy atom. The second kappa shape index (κ2) is 4.50. The molecule has 2 fully saturated rings. The van der Waals surface area contributed by atoms with Crippen molar-refractivity contribution in [3.05, 3.63) is 28.8 Å². The third-order valence-corrected chi connectivity index (χ3v) is 6.57. The second-order valence-corrected chi connectivity index (χ2v) is 8.74. The Balaban J connectivity index is 1.80. The van der Waals surface area contributed by atoms with E-state index in [1.54, 1.807) is 0 Å². The van der Waals surface area contributed by atoms with Crippen LogP contribution in [0.15, 0.2) is 12.1 Å². The smallest absolute Gasteiger partial charge is 0.119 e. The van der Waals surface area contributed by atoms with Gasteiger partial charge in [-0.2, -0.15) is 0 Å². The van der Waals surface area contributed by atoms with E-state index in [0.29, 0.717) is 23.0 Å². The minimum atomic E-state index is 0.0329. The van der Waals surface area contributed by atoms with Crippen LogP contribution in [-0.2, 0) is 11.2 Å². The maximum atomic E-state index is 10.4. The van der Waals surface area contributed by atoms with Gasteiger partial charge in [-0.05, 0) is 65.3 Å². The normalized spacial score (nSPS) is 35.3. The monoisotopic (exact) mass is 300 g/mol. The molecule has 22 heavy (non-hydrogen) atoms. The average molecular weight is 300 g/mol. The lowest BCUT2D eigenvalue weighted by Gasteiger charge is -2.48. The number of ether oxygens (including phenoxy) is 1. The zero-order valence-corrected chi connectivity index (χ0v) is 14.3. The average Bonchev–Trinajstić information content (AvgIpc) is 2.73. The first kappa shape index (κ1) is 14.6. The van der Waals surface area contributed by atoms with E-state index in [1.807, 2.05) is 6.07 Å². The van der Waals surface area contributed by atoms with Crippen molar-refractivity contribution in [3.8, 4) is 5.75 Å². The third-order valence-electron chi connectivity index (χ3n) is 6.57. The predicted molar refractivity (Wildman–Crippen MR) is 88.2 cm³/mol. The summed E-state index contributed by atoms with van der Waals surface area (Å²) in [5, 5.41) is 10.4. The molecule has 1 aromatic carbocycles. The molecule has 1 saturated heterocycles. The molecule has 120 valence electrons. The van der Waals surface area contributed by atoms with Crippen molar-refractivity contribution in [2.75, 3.05) is 0 Å². The number of aromatic hydroxyl groups is 1. The standard InChI is InChI=1S/C20H28O2/c1-12(2)14-9-15-13(8-16(14)21)11-20-7-5-6-19(3,4)18(20)10-17(15)22-20/h8-9,12,17-18,21H,5-7,10-11H2,1-4H3/t17-,18-,20-/m0/s1. The predicted octanol–water partition coefficient (Wildman–Crippen LogP) is 5.10. The third kappa shape index (κ3) is 1.89. The maximum absolute atomic E-state index is 10.4. The summed E-state index contributed by atoms with van der Waals surface area (Å²) < 4.78 is 6.64. The molecule has 2 heterocycles. The molecule has 3 aliphatic rings. The van der Waals surface area contributed by atoms with Crippen molar-refractivity contribution < 1.29 is 9.84 Å². The number of fused-ring (bicyclic) bond motifs is 3. The Hall–Kier alpha value is -1.02. The van der Waals surface area contributed by atoms with Gasteiger partial charge < -0.3 is 9.84 Å². The molecule has 2 nitrogen and oxygen atoms in total. The molecular weight excluding hydrogens is 272 g/mol. The largest absolute Gasteiger partial charge is 0.508 e. The molecule has 1 aromatic rings. The SMILES string of the molecule is CC(C)c1cc2c(cc1O)C[C@@]13CCCC(C)(C)[C@@H]1C[C@@H]2O3. The van der Waals surface area contributed by atoms with E-state index in [-0.39, 0.29) is 11.7 Å². The van der Waals surface area contributed by atoms with Gasteiger partial charge in [0.1, 0.15) is 5.75 Å². The Bertz CT molecular complexity index is 616. The first-order chi connectivity index (χ1) is 10.3. The Morgan fingerprint density at radius 3 is 2.73 bits per heavy atom. The molecule has 3 atom stereocenters. The van der Waals surface area contributed by atoms with Gasteiger partial charge in [-0.15, -0.1) is 0 Å². The summed E-state index contributed by atoms with van der Waals surface area (Å²) in [5.74, 6) is 1.47. The second-order valence-electron chi connectivity index (χ2n) is 8.74. The molecule has 0 amide bonds. The lowest BCUT2D eigenvalue weighted by molar-refractivity contribution is -0.113. The summed E-state index contributed by atoms with van der Waals surface area (Å²) in [5.41, 5.74) is 4.14. The van der Waals surface area contributed by atoms with Crippen molar-refractivity contribution in [2.24, 2.45) is 11.3 Å². The van der Waals surface area contributed by atoms with Crippen LogP contribution in [0, 0.1) is 11.3 Å². The highest BCUT2D eigenvalue weighted by Gasteiger charge is 2.58. The van der Waals surface area contributed by atoms with Crippen LogP contribution in [0.5, 0.6) is 5.75 Å². The van der Waals surface area contributed by atoms with E-state index in [1.165, 1.54) is 30.4 Å². The number of hydrogen-bond donors (Lipinski definition) is 1. The van der Waals surface area contributed by atoms with E-state index >= 15 is 0 Å². The van der Waals surface area contributed by atoms with E-state index in [0.717, 1.165) is 18.4 Å². The van der Waals surface area contributed by atoms with Gasteiger partial charge in [0.25, 0.3) is 0 Å². The van der Waals surface area contributed by atoms with Crippen LogP contribution in [0.2, 0.25) is 0 Å². The highest BCUT2D eigenvalue weighted by atomic mass is 16.5. The Kier molecular flexibility index (Phi) is 2.98. The van der Waals surface area contributed by atoms with Crippen molar-refractivity contribution in [1.82, 2.24) is 0 Å². The highest BCUT2D eigenvalue weighted by molar-refractivity contribution is 5.47. The molecule has 0 unspecified atom stereocenters. The van der Waals surface area contributed by atoms with Gasteiger partial charge in [-0.25, -0.2) is 0 Å². The summed E-state index contributed by atoms with van der Waals surface area (Å²) in [6, 6.07) is 4.25. The molecule has 2 heteroatoms. The van der Waals surface area contributed by atoms with Crippen molar-refractivity contribution in [2.45, 2.75) is 77.4 Å². The lowest BCUT2D eigenvalue weighted by atomic mass is 9.60. The van der Waals surface area contributed by atoms with Gasteiger partial charge in [-0.3, -0.25) is 0 Å². The van der Waals surface area contributed by atoms with E-state index in [9.17, 15) is 5.11 Å². The summed E-state index contributed by atoms with van der Waals surface area (Å²) in [7, 11) is 0. The van der Waals surface area contributed by atoms with E-state index in [4.69, 9.17) is 4.74 Å². The van der Waals surface area contributed by atoms with Gasteiger partial charge in [-0.1, -0.05) is 34.1 Å². The van der Waals surface area contributed by atoms with Gasteiger partial charge >= 0.3 is 0 Å².